The third-order valence-electron chi connectivity index (χ3n) is 1.37. The van der Waals surface area contributed by atoms with Crippen LogP contribution in [0.25, 0.3) is 0 Å². The molecule has 0 saturated heterocycles. The van der Waals surface area contributed by atoms with Crippen LogP contribution < -0.4 is 4.57 Å². The maximum Gasteiger partial charge on any atom is 0.238 e. The van der Waals surface area contributed by atoms with E-state index in [1.54, 1.807) is 17.0 Å². The van der Waals surface area contributed by atoms with Crippen LogP contribution in [0.5, 0.6) is 0 Å². The number of aromatic nitrogens is 1. The smallest absolute Gasteiger partial charge is 0.212 e. The van der Waals surface area contributed by atoms with Gasteiger partial charge in [0.05, 0.1) is 0 Å². The highest BCUT2D eigenvalue weighted by molar-refractivity contribution is 8.13. The standard InChI is InChI=1S/C7H9ClNO2S/c8-12(10,11)7-6-9-4-2-1-3-5-9/h1-5H,6-7H2/q+1. The van der Waals surface area contributed by atoms with Crippen molar-refractivity contribution < 1.29 is 13.0 Å². The minimum Gasteiger partial charge on any atom is -0.212 e. The van der Waals surface area contributed by atoms with Crippen LogP contribution in [0, 0.1) is 0 Å². The van der Waals surface area contributed by atoms with Gasteiger partial charge in [-0.1, -0.05) is 6.07 Å². The first-order valence-corrected chi connectivity index (χ1v) is 5.92. The summed E-state index contributed by atoms with van der Waals surface area (Å²) in [6.45, 7) is 0.396. The Kier molecular flexibility index (Phi) is 3.05. The molecule has 0 N–H and O–H groups in total. The number of hydrogen-bond donors (Lipinski definition) is 0. The summed E-state index contributed by atoms with van der Waals surface area (Å²) in [5.41, 5.74) is 0. The summed E-state index contributed by atoms with van der Waals surface area (Å²) in [5, 5.41) is 0. The molecule has 1 aromatic heterocycles. The van der Waals surface area contributed by atoms with Crippen molar-refractivity contribution in [3.8, 4) is 0 Å². The Morgan fingerprint density at radius 1 is 1.17 bits per heavy atom. The number of nitrogens with zero attached hydrogens (tertiary/aromatic N) is 1. The normalized spacial score (nSPS) is 11.4. The topological polar surface area (TPSA) is 38.0 Å². The van der Waals surface area contributed by atoms with Crippen molar-refractivity contribution in [3.63, 3.8) is 0 Å². The summed E-state index contributed by atoms with van der Waals surface area (Å²) in [6.07, 6.45) is 3.59. The third kappa shape index (κ3) is 3.69. The van der Waals surface area contributed by atoms with Gasteiger partial charge in [-0.15, -0.1) is 0 Å². The van der Waals surface area contributed by atoms with Gasteiger partial charge < -0.3 is 0 Å². The molecule has 66 valence electrons. The van der Waals surface area contributed by atoms with E-state index in [9.17, 15) is 8.42 Å². The summed E-state index contributed by atoms with van der Waals surface area (Å²) in [5.74, 6) is -0.0385. The second-order valence-corrected chi connectivity index (χ2v) is 5.25. The summed E-state index contributed by atoms with van der Waals surface area (Å²) in [6, 6.07) is 5.54. The van der Waals surface area contributed by atoms with Crippen LogP contribution in [0.4, 0.5) is 0 Å². The molecular formula is C7H9ClNO2S+. The molecule has 1 heterocycles. The molecule has 0 radical (unpaired) electrons. The fourth-order valence-corrected chi connectivity index (χ4v) is 1.43. The second kappa shape index (κ2) is 3.87. The highest BCUT2D eigenvalue weighted by Crippen LogP contribution is 1.94. The predicted molar refractivity (Wildman–Crippen MR) is 46.3 cm³/mol. The minimum absolute atomic E-state index is 0.0385. The lowest BCUT2D eigenvalue weighted by atomic mass is 10.5. The SMILES string of the molecule is O=S(=O)(Cl)CC[n+]1ccccc1. The predicted octanol–water partition coefficient (Wildman–Crippen LogP) is 0.543. The van der Waals surface area contributed by atoms with Gasteiger partial charge in [-0.2, -0.15) is 0 Å². The van der Waals surface area contributed by atoms with Gasteiger partial charge >= 0.3 is 0 Å². The van der Waals surface area contributed by atoms with Crippen molar-refractivity contribution in [2.75, 3.05) is 5.75 Å². The van der Waals surface area contributed by atoms with Gasteiger partial charge in [-0.05, 0) is 0 Å². The van der Waals surface area contributed by atoms with Crippen molar-refractivity contribution in [1.29, 1.82) is 0 Å². The number of rotatable bonds is 3. The van der Waals surface area contributed by atoms with Crippen LogP contribution in [0.1, 0.15) is 0 Å². The van der Waals surface area contributed by atoms with Crippen molar-refractivity contribution >= 4 is 19.7 Å². The first-order chi connectivity index (χ1) is 5.58. The Morgan fingerprint density at radius 2 is 1.75 bits per heavy atom. The van der Waals surface area contributed by atoms with Crippen molar-refractivity contribution in [2.45, 2.75) is 6.54 Å². The molecule has 0 unspecified atom stereocenters. The zero-order valence-electron chi connectivity index (χ0n) is 6.35. The first-order valence-electron chi connectivity index (χ1n) is 3.44. The van der Waals surface area contributed by atoms with E-state index in [-0.39, 0.29) is 5.75 Å². The lowest BCUT2D eigenvalue weighted by Gasteiger charge is -1.92. The first kappa shape index (κ1) is 9.48. The van der Waals surface area contributed by atoms with Crippen molar-refractivity contribution in [3.05, 3.63) is 30.6 Å². The van der Waals surface area contributed by atoms with Crippen LogP contribution in [0.15, 0.2) is 30.6 Å². The monoisotopic (exact) mass is 206 g/mol. The van der Waals surface area contributed by atoms with Crippen molar-refractivity contribution in [1.82, 2.24) is 0 Å². The van der Waals surface area contributed by atoms with Gasteiger partial charge in [0.1, 0.15) is 5.75 Å². The lowest BCUT2D eigenvalue weighted by Crippen LogP contribution is -2.35. The van der Waals surface area contributed by atoms with E-state index < -0.39 is 9.05 Å². The van der Waals surface area contributed by atoms with Crippen molar-refractivity contribution in [2.24, 2.45) is 0 Å². The highest BCUT2D eigenvalue weighted by Gasteiger charge is 2.08. The average Bonchev–Trinajstić information content (AvgIpc) is 2.02. The Hall–Kier alpha value is -0.610. The third-order valence-corrected chi connectivity index (χ3v) is 2.50. The van der Waals surface area contributed by atoms with Crippen LogP contribution in [0.3, 0.4) is 0 Å². The fourth-order valence-electron chi connectivity index (χ4n) is 0.798. The van der Waals surface area contributed by atoms with Gasteiger partial charge in [-0.25, -0.2) is 13.0 Å². The molecule has 3 nitrogen and oxygen atoms in total. The Balaban J connectivity index is 2.56. The zero-order valence-corrected chi connectivity index (χ0v) is 7.92. The molecule has 0 spiro atoms. The molecule has 0 atom stereocenters. The van der Waals surface area contributed by atoms with E-state index in [1.165, 1.54) is 0 Å². The number of halogens is 1. The zero-order chi connectivity index (χ0) is 9.03. The second-order valence-electron chi connectivity index (χ2n) is 2.36. The molecule has 0 saturated carbocycles. The molecular weight excluding hydrogens is 198 g/mol. The molecule has 0 amide bonds. The van der Waals surface area contributed by atoms with Gasteiger partial charge in [0.15, 0.2) is 18.9 Å². The molecule has 1 aromatic rings. The highest BCUT2D eigenvalue weighted by atomic mass is 35.7. The molecule has 0 aliphatic carbocycles. The van der Waals surface area contributed by atoms with E-state index in [2.05, 4.69) is 0 Å². The van der Waals surface area contributed by atoms with Crippen LogP contribution in [-0.4, -0.2) is 14.2 Å². The maximum absolute atomic E-state index is 10.6. The summed E-state index contributed by atoms with van der Waals surface area (Å²) in [7, 11) is 1.67. The molecule has 5 heteroatoms. The number of pyridine rings is 1. The molecule has 12 heavy (non-hydrogen) atoms. The van der Waals surface area contributed by atoms with E-state index >= 15 is 0 Å². The van der Waals surface area contributed by atoms with Crippen LogP contribution >= 0.6 is 10.7 Å². The maximum atomic E-state index is 10.6. The van der Waals surface area contributed by atoms with E-state index in [0.717, 1.165) is 0 Å². The van der Waals surface area contributed by atoms with E-state index in [1.807, 2.05) is 18.2 Å². The lowest BCUT2D eigenvalue weighted by molar-refractivity contribution is -0.692. The molecule has 0 aliphatic rings. The summed E-state index contributed by atoms with van der Waals surface area (Å²) < 4.78 is 22.9. The Bertz CT molecular complexity index is 336. The molecule has 0 aliphatic heterocycles. The van der Waals surface area contributed by atoms with Gasteiger partial charge in [0, 0.05) is 22.8 Å². The summed E-state index contributed by atoms with van der Waals surface area (Å²) >= 11 is 0. The van der Waals surface area contributed by atoms with Gasteiger partial charge in [0.25, 0.3) is 0 Å². The number of hydrogen-bond acceptors (Lipinski definition) is 2. The molecule has 0 aromatic carbocycles. The fraction of sp³-hybridized carbons (Fsp3) is 0.286. The average molecular weight is 207 g/mol. The molecule has 1 rings (SSSR count). The van der Waals surface area contributed by atoms with E-state index in [0.29, 0.717) is 6.54 Å². The Morgan fingerprint density at radius 3 is 2.25 bits per heavy atom. The van der Waals surface area contributed by atoms with E-state index in [4.69, 9.17) is 10.7 Å². The van der Waals surface area contributed by atoms with Gasteiger partial charge in [-0.3, -0.25) is 0 Å². The Labute approximate surface area is 76.0 Å². The molecule has 0 fully saturated rings. The minimum atomic E-state index is -3.37. The molecule has 0 bridgehead atoms. The quantitative estimate of drug-likeness (QED) is 0.535. The van der Waals surface area contributed by atoms with Crippen LogP contribution in [0.2, 0.25) is 0 Å². The number of aryl methyl sites for hydroxylation is 1. The largest absolute Gasteiger partial charge is 0.238 e. The van der Waals surface area contributed by atoms with Crippen LogP contribution in [-0.2, 0) is 15.6 Å². The summed E-state index contributed by atoms with van der Waals surface area (Å²) in [4.78, 5) is 0. The van der Waals surface area contributed by atoms with Gasteiger partial charge in [0.2, 0.25) is 9.05 Å².